The summed E-state index contributed by atoms with van der Waals surface area (Å²) in [5.74, 6) is 0.369. The monoisotopic (exact) mass is 247 g/mol. The third-order valence-electron chi connectivity index (χ3n) is 1.70. The number of nitrogens with zero attached hydrogens (tertiary/aromatic N) is 1. The summed E-state index contributed by atoms with van der Waals surface area (Å²) in [6.45, 7) is -0.0241. The molecule has 15 heavy (non-hydrogen) atoms. The van der Waals surface area contributed by atoms with Crippen molar-refractivity contribution < 1.29 is 9.53 Å². The smallest absolute Gasteiger partial charge is 0.259 e. The normalized spacial score (nSPS) is 9.87. The van der Waals surface area contributed by atoms with E-state index >= 15 is 0 Å². The van der Waals surface area contributed by atoms with Crippen molar-refractivity contribution in [1.29, 1.82) is 0 Å². The second-order valence-electron chi connectivity index (χ2n) is 3.18. The van der Waals surface area contributed by atoms with Crippen LogP contribution in [0.1, 0.15) is 0 Å². The van der Waals surface area contributed by atoms with Gasteiger partial charge in [-0.15, -0.1) is 0 Å². The topological polar surface area (TPSA) is 29.5 Å². The van der Waals surface area contributed by atoms with E-state index in [1.165, 1.54) is 4.90 Å². The fourth-order valence-electron chi connectivity index (χ4n) is 0.886. The maximum Gasteiger partial charge on any atom is 0.259 e. The molecule has 3 nitrogen and oxygen atoms in total. The molecule has 0 saturated heterocycles. The summed E-state index contributed by atoms with van der Waals surface area (Å²) in [6, 6.07) is 4.82. The Morgan fingerprint density at radius 1 is 1.27 bits per heavy atom. The molecule has 1 rings (SSSR count). The predicted octanol–water partition coefficient (Wildman–Crippen LogP) is 2.46. The first-order valence-corrected chi connectivity index (χ1v) is 5.03. The van der Waals surface area contributed by atoms with Crippen molar-refractivity contribution in [1.82, 2.24) is 4.90 Å². The standard InChI is InChI=1S/C10H11Cl2NO2/c1-13(2)10(14)6-15-9-4-7(11)3-8(12)5-9/h3-5H,6H2,1-2H3. The highest BCUT2D eigenvalue weighted by molar-refractivity contribution is 6.34. The summed E-state index contributed by atoms with van der Waals surface area (Å²) in [5, 5.41) is 0.963. The van der Waals surface area contributed by atoms with E-state index in [1.807, 2.05) is 0 Å². The van der Waals surface area contributed by atoms with Crippen LogP contribution in [-0.4, -0.2) is 31.5 Å². The highest BCUT2D eigenvalue weighted by Gasteiger charge is 2.05. The number of hydrogen-bond acceptors (Lipinski definition) is 2. The lowest BCUT2D eigenvalue weighted by Crippen LogP contribution is -2.27. The van der Waals surface area contributed by atoms with Crippen molar-refractivity contribution >= 4 is 29.1 Å². The summed E-state index contributed by atoms with van der Waals surface area (Å²) < 4.78 is 5.23. The molecule has 0 aliphatic rings. The van der Waals surface area contributed by atoms with Gasteiger partial charge in [0.15, 0.2) is 6.61 Å². The van der Waals surface area contributed by atoms with Gasteiger partial charge in [0.25, 0.3) is 5.91 Å². The molecule has 5 heteroatoms. The lowest BCUT2D eigenvalue weighted by molar-refractivity contribution is -0.130. The van der Waals surface area contributed by atoms with Crippen LogP contribution in [0.3, 0.4) is 0 Å². The van der Waals surface area contributed by atoms with Gasteiger partial charge in [-0.25, -0.2) is 0 Å². The number of ether oxygens (including phenoxy) is 1. The van der Waals surface area contributed by atoms with Crippen LogP contribution in [0.15, 0.2) is 18.2 Å². The maximum absolute atomic E-state index is 11.2. The van der Waals surface area contributed by atoms with E-state index in [0.29, 0.717) is 15.8 Å². The summed E-state index contributed by atoms with van der Waals surface area (Å²) in [7, 11) is 3.33. The van der Waals surface area contributed by atoms with Crippen molar-refractivity contribution in [2.75, 3.05) is 20.7 Å². The molecule has 0 aliphatic carbocycles. The van der Waals surface area contributed by atoms with Crippen LogP contribution >= 0.6 is 23.2 Å². The molecule has 0 N–H and O–H groups in total. The highest BCUT2D eigenvalue weighted by Crippen LogP contribution is 2.23. The molecular formula is C10H11Cl2NO2. The number of likely N-dealkylation sites (N-methyl/N-ethyl adjacent to an activating group) is 1. The van der Waals surface area contributed by atoms with Crippen LogP contribution in [0.25, 0.3) is 0 Å². The van der Waals surface area contributed by atoms with Crippen molar-refractivity contribution in [3.63, 3.8) is 0 Å². The Morgan fingerprint density at radius 2 is 1.80 bits per heavy atom. The number of amides is 1. The lowest BCUT2D eigenvalue weighted by Gasteiger charge is -2.11. The summed E-state index contributed by atoms with van der Waals surface area (Å²) in [5.41, 5.74) is 0. The summed E-state index contributed by atoms with van der Waals surface area (Å²) >= 11 is 11.5. The van der Waals surface area contributed by atoms with Crippen LogP contribution in [0.5, 0.6) is 5.75 Å². The summed E-state index contributed by atoms with van der Waals surface area (Å²) in [6.07, 6.45) is 0. The fraction of sp³-hybridized carbons (Fsp3) is 0.300. The second-order valence-corrected chi connectivity index (χ2v) is 4.05. The Bertz CT molecular complexity index is 346. The fourth-order valence-corrected chi connectivity index (χ4v) is 1.39. The number of carbonyl (C=O) groups excluding carboxylic acids is 1. The zero-order valence-corrected chi connectivity index (χ0v) is 9.97. The second kappa shape index (κ2) is 5.24. The van der Waals surface area contributed by atoms with Crippen LogP contribution in [-0.2, 0) is 4.79 Å². The molecule has 0 spiro atoms. The highest BCUT2D eigenvalue weighted by atomic mass is 35.5. The van der Waals surface area contributed by atoms with Gasteiger partial charge in [-0.2, -0.15) is 0 Å². The Hall–Kier alpha value is -0.930. The third-order valence-corrected chi connectivity index (χ3v) is 2.13. The van der Waals surface area contributed by atoms with E-state index < -0.39 is 0 Å². The minimum Gasteiger partial charge on any atom is -0.484 e. The van der Waals surface area contributed by atoms with E-state index in [9.17, 15) is 4.79 Å². The molecule has 0 fully saturated rings. The van der Waals surface area contributed by atoms with E-state index in [-0.39, 0.29) is 12.5 Å². The molecule has 82 valence electrons. The number of rotatable bonds is 3. The zero-order valence-electron chi connectivity index (χ0n) is 8.46. The molecule has 1 aromatic rings. The van der Waals surface area contributed by atoms with Crippen molar-refractivity contribution in [2.24, 2.45) is 0 Å². The number of carbonyl (C=O) groups is 1. The Balaban J connectivity index is 2.61. The van der Waals surface area contributed by atoms with Gasteiger partial charge in [0.05, 0.1) is 0 Å². The summed E-state index contributed by atoms with van der Waals surface area (Å²) in [4.78, 5) is 12.7. The minimum absolute atomic E-state index is 0.0241. The molecule has 0 saturated carbocycles. The van der Waals surface area contributed by atoms with Gasteiger partial charge in [0, 0.05) is 24.1 Å². The van der Waals surface area contributed by atoms with Crippen LogP contribution in [0.2, 0.25) is 10.0 Å². The Labute approximate surface area is 98.5 Å². The molecule has 0 aliphatic heterocycles. The van der Waals surface area contributed by atoms with E-state index in [1.54, 1.807) is 32.3 Å². The average Bonchev–Trinajstić information content (AvgIpc) is 2.12. The van der Waals surface area contributed by atoms with Gasteiger partial charge >= 0.3 is 0 Å². The molecule has 1 amide bonds. The van der Waals surface area contributed by atoms with E-state index in [0.717, 1.165) is 0 Å². The first-order valence-electron chi connectivity index (χ1n) is 4.28. The van der Waals surface area contributed by atoms with Crippen LogP contribution < -0.4 is 4.74 Å². The zero-order chi connectivity index (χ0) is 11.4. The quantitative estimate of drug-likeness (QED) is 0.822. The van der Waals surface area contributed by atoms with Crippen molar-refractivity contribution in [3.05, 3.63) is 28.2 Å². The molecule has 0 heterocycles. The molecule has 1 aromatic carbocycles. The first kappa shape index (κ1) is 12.1. The minimum atomic E-state index is -0.119. The van der Waals surface area contributed by atoms with Gasteiger partial charge in [-0.05, 0) is 18.2 Å². The molecule has 0 radical (unpaired) electrons. The number of hydrogen-bond donors (Lipinski definition) is 0. The Kier molecular flexibility index (Phi) is 4.24. The molecular weight excluding hydrogens is 237 g/mol. The maximum atomic E-state index is 11.2. The lowest BCUT2D eigenvalue weighted by atomic mass is 10.3. The van der Waals surface area contributed by atoms with Crippen LogP contribution in [0, 0.1) is 0 Å². The van der Waals surface area contributed by atoms with E-state index in [4.69, 9.17) is 27.9 Å². The largest absolute Gasteiger partial charge is 0.484 e. The average molecular weight is 248 g/mol. The molecule has 0 bridgehead atoms. The molecule has 0 atom stereocenters. The van der Waals surface area contributed by atoms with Gasteiger partial charge in [0.2, 0.25) is 0 Å². The van der Waals surface area contributed by atoms with Gasteiger partial charge in [-0.1, -0.05) is 23.2 Å². The third kappa shape index (κ3) is 3.98. The van der Waals surface area contributed by atoms with Crippen molar-refractivity contribution in [2.45, 2.75) is 0 Å². The number of halogens is 2. The van der Waals surface area contributed by atoms with Crippen LogP contribution in [0.4, 0.5) is 0 Å². The SMILES string of the molecule is CN(C)C(=O)COc1cc(Cl)cc(Cl)c1. The van der Waals surface area contributed by atoms with Gasteiger partial charge < -0.3 is 9.64 Å². The van der Waals surface area contributed by atoms with Gasteiger partial charge in [-0.3, -0.25) is 4.79 Å². The van der Waals surface area contributed by atoms with E-state index in [2.05, 4.69) is 0 Å². The molecule has 0 aromatic heterocycles. The number of benzene rings is 1. The Morgan fingerprint density at radius 3 is 2.27 bits per heavy atom. The van der Waals surface area contributed by atoms with Gasteiger partial charge in [0.1, 0.15) is 5.75 Å². The molecule has 0 unspecified atom stereocenters. The first-order chi connectivity index (χ1) is 6.99. The predicted molar refractivity (Wildman–Crippen MR) is 60.7 cm³/mol. The van der Waals surface area contributed by atoms with Crippen molar-refractivity contribution in [3.8, 4) is 5.75 Å².